The number of hydrogen-bond acceptors (Lipinski definition) is 4. The lowest BCUT2D eigenvalue weighted by atomic mass is 9.96. The van der Waals surface area contributed by atoms with Crippen molar-refractivity contribution in [1.29, 1.82) is 0 Å². The fraction of sp³-hybridized carbons (Fsp3) is 0.440. The predicted octanol–water partition coefficient (Wildman–Crippen LogP) is 3.98. The van der Waals surface area contributed by atoms with Crippen LogP contribution in [0.3, 0.4) is 0 Å². The molecular weight excluding hydrogens is 407 g/mol. The van der Waals surface area contributed by atoms with E-state index in [4.69, 9.17) is 9.72 Å². The lowest BCUT2D eigenvalue weighted by Gasteiger charge is -2.32. The Bertz CT molecular complexity index is 1040. The summed E-state index contributed by atoms with van der Waals surface area (Å²) in [5.41, 5.74) is 2.52. The molecule has 2 aromatic carbocycles. The largest absolute Gasteiger partial charge is 0.382 e. The number of ether oxygens (including phenoxy) is 1. The summed E-state index contributed by atoms with van der Waals surface area (Å²) in [6.07, 6.45) is 2.39. The van der Waals surface area contributed by atoms with Crippen LogP contribution in [0.1, 0.15) is 31.7 Å². The van der Waals surface area contributed by atoms with Gasteiger partial charge in [-0.05, 0) is 44.4 Å². The highest BCUT2D eigenvalue weighted by molar-refractivity contribution is 5.80. The molecule has 1 aromatic heterocycles. The van der Waals surface area contributed by atoms with Crippen LogP contribution in [0, 0.1) is 11.7 Å². The third-order valence-corrected chi connectivity index (χ3v) is 6.04. The average molecular weight is 439 g/mol. The highest BCUT2D eigenvalue weighted by atomic mass is 19.1. The topological polar surface area (TPSA) is 59.4 Å². The maximum atomic E-state index is 14.4. The number of nitrogens with zero attached hydrogens (tertiary/aromatic N) is 3. The van der Waals surface area contributed by atoms with Gasteiger partial charge in [0, 0.05) is 44.3 Å². The van der Waals surface area contributed by atoms with Gasteiger partial charge in [-0.1, -0.05) is 30.3 Å². The molecule has 1 saturated heterocycles. The molecule has 0 spiro atoms. The van der Waals surface area contributed by atoms with Gasteiger partial charge in [0.2, 0.25) is 11.9 Å². The van der Waals surface area contributed by atoms with Crippen LogP contribution in [0.5, 0.6) is 0 Å². The first kappa shape index (κ1) is 22.3. The molecule has 0 bridgehead atoms. The van der Waals surface area contributed by atoms with Crippen LogP contribution < -0.4 is 10.2 Å². The number of aromatic nitrogens is 2. The van der Waals surface area contributed by atoms with E-state index in [1.54, 1.807) is 6.07 Å². The standard InChI is InChI=1S/C25H31FN4O2/c1-2-32-17-7-14-27-24(31)19-12-15-29(16-13-19)25-28-22-10-5-6-11-23(22)30(25)18-20-8-3-4-9-21(20)26/h3-6,8-11,19H,2,7,12-18H2,1H3,(H,27,31). The van der Waals surface area contributed by atoms with E-state index in [0.717, 1.165) is 49.3 Å². The molecule has 2 heterocycles. The number of para-hydroxylation sites is 2. The SMILES string of the molecule is CCOCCCNC(=O)C1CCN(c2nc3ccccc3n2Cc2ccccc2F)CC1. The van der Waals surface area contributed by atoms with Crippen LogP contribution in [0.2, 0.25) is 0 Å². The molecule has 0 unspecified atom stereocenters. The summed E-state index contributed by atoms with van der Waals surface area (Å²) in [7, 11) is 0. The lowest BCUT2D eigenvalue weighted by molar-refractivity contribution is -0.125. The molecule has 7 heteroatoms. The second-order valence-electron chi connectivity index (χ2n) is 8.18. The minimum Gasteiger partial charge on any atom is -0.382 e. The van der Waals surface area contributed by atoms with Crippen LogP contribution in [0.4, 0.5) is 10.3 Å². The number of rotatable bonds is 9. The number of fused-ring (bicyclic) bond motifs is 1. The van der Waals surface area contributed by atoms with E-state index in [1.165, 1.54) is 6.07 Å². The normalized spacial score (nSPS) is 14.8. The molecular formula is C25H31FN4O2. The molecule has 170 valence electrons. The molecule has 32 heavy (non-hydrogen) atoms. The van der Waals surface area contributed by atoms with E-state index >= 15 is 0 Å². The zero-order chi connectivity index (χ0) is 22.3. The number of halogens is 1. The molecule has 1 amide bonds. The smallest absolute Gasteiger partial charge is 0.223 e. The average Bonchev–Trinajstić information content (AvgIpc) is 3.19. The number of carbonyl (C=O) groups excluding carboxylic acids is 1. The Kier molecular flexibility index (Phi) is 7.37. The summed E-state index contributed by atoms with van der Waals surface area (Å²) >= 11 is 0. The molecule has 0 atom stereocenters. The Hall–Kier alpha value is -2.93. The van der Waals surface area contributed by atoms with E-state index in [0.29, 0.717) is 31.9 Å². The Morgan fingerprint density at radius 2 is 1.91 bits per heavy atom. The summed E-state index contributed by atoms with van der Waals surface area (Å²) in [5, 5.41) is 3.04. The molecule has 4 rings (SSSR count). The van der Waals surface area contributed by atoms with Gasteiger partial charge in [-0.2, -0.15) is 0 Å². The zero-order valence-corrected chi connectivity index (χ0v) is 18.6. The summed E-state index contributed by atoms with van der Waals surface area (Å²) < 4.78 is 21.8. The van der Waals surface area contributed by atoms with Crippen molar-refractivity contribution in [3.63, 3.8) is 0 Å². The summed E-state index contributed by atoms with van der Waals surface area (Å²) in [5.74, 6) is 0.768. The monoisotopic (exact) mass is 438 g/mol. The Balaban J connectivity index is 1.44. The number of imidazole rings is 1. The van der Waals surface area contributed by atoms with Crippen LogP contribution in [-0.4, -0.2) is 48.3 Å². The highest BCUT2D eigenvalue weighted by Gasteiger charge is 2.27. The number of hydrogen-bond donors (Lipinski definition) is 1. The van der Waals surface area contributed by atoms with Gasteiger partial charge in [-0.25, -0.2) is 9.37 Å². The zero-order valence-electron chi connectivity index (χ0n) is 18.6. The lowest BCUT2D eigenvalue weighted by Crippen LogP contribution is -2.41. The van der Waals surface area contributed by atoms with Crippen LogP contribution in [0.25, 0.3) is 11.0 Å². The molecule has 1 aliphatic rings. The summed E-state index contributed by atoms with van der Waals surface area (Å²) in [6, 6.07) is 14.8. The third-order valence-electron chi connectivity index (χ3n) is 6.04. The van der Waals surface area contributed by atoms with E-state index < -0.39 is 0 Å². The second-order valence-corrected chi connectivity index (χ2v) is 8.18. The van der Waals surface area contributed by atoms with Crippen molar-refractivity contribution < 1.29 is 13.9 Å². The number of amides is 1. The molecule has 1 aliphatic heterocycles. The number of anilines is 1. The molecule has 6 nitrogen and oxygen atoms in total. The number of benzene rings is 2. The fourth-order valence-electron chi connectivity index (χ4n) is 4.27. The predicted molar refractivity (Wildman–Crippen MR) is 124 cm³/mol. The van der Waals surface area contributed by atoms with Gasteiger partial charge >= 0.3 is 0 Å². The quantitative estimate of drug-likeness (QED) is 0.514. The van der Waals surface area contributed by atoms with E-state index in [-0.39, 0.29) is 17.6 Å². The second kappa shape index (κ2) is 10.6. The Morgan fingerprint density at radius 3 is 2.69 bits per heavy atom. The Morgan fingerprint density at radius 1 is 1.16 bits per heavy atom. The first-order valence-electron chi connectivity index (χ1n) is 11.5. The van der Waals surface area contributed by atoms with Crippen molar-refractivity contribution in [2.75, 3.05) is 37.7 Å². The summed E-state index contributed by atoms with van der Waals surface area (Å²) in [6.45, 7) is 5.91. The van der Waals surface area contributed by atoms with Gasteiger partial charge in [-0.15, -0.1) is 0 Å². The number of carbonyl (C=O) groups is 1. The van der Waals surface area contributed by atoms with Gasteiger partial charge in [0.1, 0.15) is 5.82 Å². The van der Waals surface area contributed by atoms with Gasteiger partial charge < -0.3 is 19.5 Å². The van der Waals surface area contributed by atoms with Crippen molar-refractivity contribution in [1.82, 2.24) is 14.9 Å². The van der Waals surface area contributed by atoms with Gasteiger partial charge in [0.05, 0.1) is 17.6 Å². The molecule has 1 fully saturated rings. The maximum Gasteiger partial charge on any atom is 0.223 e. The van der Waals surface area contributed by atoms with Crippen molar-refractivity contribution in [3.05, 3.63) is 59.9 Å². The minimum atomic E-state index is -0.212. The van der Waals surface area contributed by atoms with Crippen molar-refractivity contribution >= 4 is 22.9 Å². The van der Waals surface area contributed by atoms with Crippen LogP contribution in [-0.2, 0) is 16.1 Å². The van der Waals surface area contributed by atoms with E-state index in [9.17, 15) is 9.18 Å². The number of nitrogens with one attached hydrogen (secondary N) is 1. The van der Waals surface area contributed by atoms with Crippen LogP contribution in [0.15, 0.2) is 48.5 Å². The fourth-order valence-corrected chi connectivity index (χ4v) is 4.27. The van der Waals surface area contributed by atoms with E-state index in [2.05, 4.69) is 14.8 Å². The molecule has 0 aliphatic carbocycles. The Labute approximate surface area is 188 Å². The van der Waals surface area contributed by atoms with Crippen molar-refractivity contribution in [2.45, 2.75) is 32.7 Å². The van der Waals surface area contributed by atoms with Crippen LogP contribution >= 0.6 is 0 Å². The summed E-state index contributed by atoms with van der Waals surface area (Å²) in [4.78, 5) is 19.6. The van der Waals surface area contributed by atoms with Crippen molar-refractivity contribution in [2.24, 2.45) is 5.92 Å². The molecule has 3 aromatic rings. The first-order valence-corrected chi connectivity index (χ1v) is 11.5. The third kappa shape index (κ3) is 5.10. The van der Waals surface area contributed by atoms with Crippen molar-refractivity contribution in [3.8, 4) is 0 Å². The van der Waals surface area contributed by atoms with Gasteiger partial charge in [0.25, 0.3) is 0 Å². The maximum absolute atomic E-state index is 14.4. The van der Waals surface area contributed by atoms with Gasteiger partial charge in [-0.3, -0.25) is 4.79 Å². The number of piperidine rings is 1. The van der Waals surface area contributed by atoms with E-state index in [1.807, 2.05) is 43.3 Å². The minimum absolute atomic E-state index is 0.0164. The van der Waals surface area contributed by atoms with Gasteiger partial charge in [0.15, 0.2) is 0 Å². The molecule has 0 saturated carbocycles. The first-order chi connectivity index (χ1) is 15.7. The molecule has 0 radical (unpaired) electrons. The molecule has 1 N–H and O–H groups in total. The highest BCUT2D eigenvalue weighted by Crippen LogP contribution is 2.28.